The number of carbonyl (C=O) groups excluding carboxylic acids is 2. The number of nitrogens with one attached hydrogen (secondary N) is 1. The molecule has 0 fully saturated rings. The number of benzene rings is 1. The fraction of sp³-hybridized carbons (Fsp3) is 0.316. The van der Waals surface area contributed by atoms with E-state index >= 15 is 0 Å². The quantitative estimate of drug-likeness (QED) is 0.337. The van der Waals surface area contributed by atoms with Gasteiger partial charge in [0.2, 0.25) is 0 Å². The van der Waals surface area contributed by atoms with E-state index in [0.717, 1.165) is 0 Å². The van der Waals surface area contributed by atoms with E-state index in [9.17, 15) is 19.3 Å². The van der Waals surface area contributed by atoms with Gasteiger partial charge in [0.1, 0.15) is 18.0 Å². The van der Waals surface area contributed by atoms with E-state index in [1.165, 1.54) is 13.1 Å². The first-order valence-electron chi connectivity index (χ1n) is 8.80. The number of pyridine rings is 1. The molecule has 1 unspecified atom stereocenters. The van der Waals surface area contributed by atoms with E-state index in [-0.39, 0.29) is 41.0 Å². The Morgan fingerprint density at radius 3 is 2.62 bits per heavy atom. The molecule has 1 aromatic heterocycles. The number of aromatic hydroxyl groups is 1. The van der Waals surface area contributed by atoms with Crippen molar-refractivity contribution in [2.75, 3.05) is 6.54 Å². The van der Waals surface area contributed by atoms with Gasteiger partial charge in [-0.25, -0.2) is 9.65 Å². The second-order valence-electron chi connectivity index (χ2n) is 6.30. The number of esters is 1. The summed E-state index contributed by atoms with van der Waals surface area (Å²) in [5, 5.41) is 12.4. The summed E-state index contributed by atoms with van der Waals surface area (Å²) in [6.07, 6.45) is 1.45. The van der Waals surface area contributed by atoms with Crippen molar-refractivity contribution in [2.45, 2.75) is 33.5 Å². The largest absolute Gasteiger partial charge is 0.505 e. The first-order chi connectivity index (χ1) is 13.7. The number of ether oxygens (including phenoxy) is 1. The Labute approximate surface area is 168 Å². The van der Waals surface area contributed by atoms with E-state index in [1.807, 2.05) is 0 Å². The summed E-state index contributed by atoms with van der Waals surface area (Å²) >= 11 is 0. The van der Waals surface area contributed by atoms with Crippen LogP contribution >= 0.6 is 7.75 Å². The fourth-order valence-corrected chi connectivity index (χ4v) is 3.48. The third-order valence-corrected chi connectivity index (χ3v) is 5.08. The highest BCUT2D eigenvalue weighted by Crippen LogP contribution is 2.45. The van der Waals surface area contributed by atoms with Crippen LogP contribution in [0.1, 0.15) is 35.5 Å². The standard InChI is InChI=1S/C19H23N2O7P/c1-13(2)27-18(23)10-21-29(25,28-16-7-5-4-6-8-16)26-12-15-9-20-14(3)19(24)17(15)11-22/h4-9,11,13,24H,10,12H2,1-3H3,(H,21,25). The molecular formula is C19H23N2O7P. The highest BCUT2D eigenvalue weighted by atomic mass is 31.2. The Morgan fingerprint density at radius 2 is 2.00 bits per heavy atom. The zero-order valence-corrected chi connectivity index (χ0v) is 17.2. The summed E-state index contributed by atoms with van der Waals surface area (Å²) in [4.78, 5) is 27.1. The number of rotatable bonds is 10. The van der Waals surface area contributed by atoms with Crippen molar-refractivity contribution in [1.82, 2.24) is 10.1 Å². The van der Waals surface area contributed by atoms with Crippen molar-refractivity contribution in [3.05, 3.63) is 53.3 Å². The summed E-state index contributed by atoms with van der Waals surface area (Å²) in [5.74, 6) is -0.668. The van der Waals surface area contributed by atoms with Crippen molar-refractivity contribution in [2.24, 2.45) is 0 Å². The summed E-state index contributed by atoms with van der Waals surface area (Å²) in [7, 11) is -4.04. The number of hydrogen-bond donors (Lipinski definition) is 2. The van der Waals surface area contributed by atoms with Crippen LogP contribution in [0.4, 0.5) is 0 Å². The zero-order valence-electron chi connectivity index (χ0n) is 16.3. The number of nitrogens with zero attached hydrogens (tertiary/aromatic N) is 1. The van der Waals surface area contributed by atoms with Gasteiger partial charge < -0.3 is 14.4 Å². The van der Waals surface area contributed by atoms with Gasteiger partial charge in [0.05, 0.1) is 24.0 Å². The van der Waals surface area contributed by atoms with E-state index in [0.29, 0.717) is 6.29 Å². The van der Waals surface area contributed by atoms with E-state index in [4.69, 9.17) is 13.8 Å². The zero-order chi connectivity index (χ0) is 21.4. The molecule has 0 saturated carbocycles. The first kappa shape index (κ1) is 22.5. The van der Waals surface area contributed by atoms with Crippen LogP contribution < -0.4 is 9.61 Å². The minimum atomic E-state index is -4.04. The molecule has 1 aromatic carbocycles. The lowest BCUT2D eigenvalue weighted by Gasteiger charge is -2.20. The molecule has 0 bridgehead atoms. The van der Waals surface area contributed by atoms with Crippen LogP contribution in [0.3, 0.4) is 0 Å². The molecule has 0 spiro atoms. The molecule has 0 aliphatic rings. The van der Waals surface area contributed by atoms with Crippen LogP contribution in [0.25, 0.3) is 0 Å². The number of aromatic nitrogens is 1. The molecule has 9 nitrogen and oxygen atoms in total. The molecule has 1 heterocycles. The molecule has 156 valence electrons. The second-order valence-corrected chi connectivity index (χ2v) is 8.05. The lowest BCUT2D eigenvalue weighted by atomic mass is 10.1. The van der Waals surface area contributed by atoms with Gasteiger partial charge in [-0.15, -0.1) is 0 Å². The third kappa shape index (κ3) is 6.67. The molecule has 1 atom stereocenters. The van der Waals surface area contributed by atoms with Gasteiger partial charge in [-0.1, -0.05) is 18.2 Å². The topological polar surface area (TPSA) is 124 Å². The number of carbonyl (C=O) groups is 2. The Kier molecular flexibility index (Phi) is 7.90. The lowest BCUT2D eigenvalue weighted by Crippen LogP contribution is -2.27. The molecule has 2 rings (SSSR count). The van der Waals surface area contributed by atoms with E-state index in [1.54, 1.807) is 44.2 Å². The maximum Gasteiger partial charge on any atom is 0.459 e. The SMILES string of the molecule is Cc1ncc(COP(=O)(NCC(=O)OC(C)C)Oc2ccccc2)c(C=O)c1O. The molecule has 29 heavy (non-hydrogen) atoms. The molecule has 0 aliphatic heterocycles. The average Bonchev–Trinajstić information content (AvgIpc) is 2.68. The molecule has 2 N–H and O–H groups in total. The summed E-state index contributed by atoms with van der Waals surface area (Å²) in [6.45, 7) is 4.14. The second kappa shape index (κ2) is 10.2. The number of para-hydroxylation sites is 1. The van der Waals surface area contributed by atoms with Crippen LogP contribution in [0.15, 0.2) is 36.5 Å². The van der Waals surface area contributed by atoms with E-state index in [2.05, 4.69) is 10.1 Å². The maximum absolute atomic E-state index is 13.2. The summed E-state index contributed by atoms with van der Waals surface area (Å²) in [5.41, 5.74) is 0.462. The monoisotopic (exact) mass is 422 g/mol. The summed E-state index contributed by atoms with van der Waals surface area (Å²) < 4.78 is 29.0. The lowest BCUT2D eigenvalue weighted by molar-refractivity contribution is -0.145. The summed E-state index contributed by atoms with van der Waals surface area (Å²) in [6, 6.07) is 8.25. The molecular weight excluding hydrogens is 399 g/mol. The highest BCUT2D eigenvalue weighted by Gasteiger charge is 2.29. The first-order valence-corrected chi connectivity index (χ1v) is 10.3. The average molecular weight is 422 g/mol. The van der Waals surface area contributed by atoms with Gasteiger partial charge in [-0.2, -0.15) is 0 Å². The van der Waals surface area contributed by atoms with Crippen LogP contribution in [0, 0.1) is 6.92 Å². The predicted molar refractivity (Wildman–Crippen MR) is 105 cm³/mol. The van der Waals surface area contributed by atoms with Gasteiger partial charge in [0.15, 0.2) is 6.29 Å². The molecule has 0 radical (unpaired) electrons. The van der Waals surface area contributed by atoms with Gasteiger partial charge in [-0.3, -0.25) is 19.1 Å². The van der Waals surface area contributed by atoms with Crippen LogP contribution in [0.5, 0.6) is 11.5 Å². The fourth-order valence-electron chi connectivity index (χ4n) is 2.24. The van der Waals surface area contributed by atoms with Gasteiger partial charge in [0, 0.05) is 11.8 Å². The van der Waals surface area contributed by atoms with Crippen molar-refractivity contribution in [3.63, 3.8) is 0 Å². The van der Waals surface area contributed by atoms with Crippen molar-refractivity contribution < 1.29 is 33.0 Å². The Hall–Kier alpha value is -2.74. The van der Waals surface area contributed by atoms with Crippen molar-refractivity contribution >= 4 is 20.0 Å². The number of aryl methyl sites for hydroxylation is 1. The number of hydrogen-bond acceptors (Lipinski definition) is 8. The van der Waals surface area contributed by atoms with Crippen LogP contribution in [0.2, 0.25) is 0 Å². The molecule has 0 amide bonds. The van der Waals surface area contributed by atoms with Gasteiger partial charge in [-0.05, 0) is 32.9 Å². The van der Waals surface area contributed by atoms with Gasteiger partial charge >= 0.3 is 13.7 Å². The van der Waals surface area contributed by atoms with Gasteiger partial charge in [0.25, 0.3) is 0 Å². The normalized spacial score (nSPS) is 13.0. The molecule has 10 heteroatoms. The molecule has 2 aromatic rings. The Morgan fingerprint density at radius 1 is 1.31 bits per heavy atom. The number of aldehydes is 1. The molecule has 0 aliphatic carbocycles. The van der Waals surface area contributed by atoms with E-state index < -0.39 is 20.3 Å². The van der Waals surface area contributed by atoms with Crippen molar-refractivity contribution in [1.29, 1.82) is 0 Å². The Bertz CT molecular complexity index is 903. The highest BCUT2D eigenvalue weighted by molar-refractivity contribution is 7.52. The van der Waals surface area contributed by atoms with Crippen LogP contribution in [-0.2, 0) is 25.2 Å². The predicted octanol–water partition coefficient (Wildman–Crippen LogP) is 3.15. The third-order valence-electron chi connectivity index (χ3n) is 3.62. The minimum absolute atomic E-state index is 0.0250. The maximum atomic E-state index is 13.2. The Balaban J connectivity index is 2.19. The van der Waals surface area contributed by atoms with Crippen LogP contribution in [-0.4, -0.2) is 35.0 Å². The smallest absolute Gasteiger partial charge is 0.459 e. The minimum Gasteiger partial charge on any atom is -0.505 e. The van der Waals surface area contributed by atoms with Crippen molar-refractivity contribution in [3.8, 4) is 11.5 Å². The molecule has 0 saturated heterocycles.